The van der Waals surface area contributed by atoms with Crippen molar-refractivity contribution in [2.24, 2.45) is 14.1 Å². The van der Waals surface area contributed by atoms with Gasteiger partial charge in [0.1, 0.15) is 11.4 Å². The van der Waals surface area contributed by atoms with E-state index in [9.17, 15) is 15.0 Å². The van der Waals surface area contributed by atoms with Crippen LogP contribution in [0.3, 0.4) is 0 Å². The summed E-state index contributed by atoms with van der Waals surface area (Å²) in [4.78, 5) is 12.9. The molecule has 192 valence electrons. The number of phenols is 2. The van der Waals surface area contributed by atoms with Crippen LogP contribution in [0.2, 0.25) is 0 Å². The molecule has 0 saturated carbocycles. The van der Waals surface area contributed by atoms with Gasteiger partial charge in [-0.3, -0.25) is 0 Å². The number of rotatable bonds is 8. The molecule has 1 aromatic heterocycles. The Morgan fingerprint density at radius 1 is 0.750 bits per heavy atom. The molecule has 0 radical (unpaired) electrons. The number of aromatic nitrogens is 2. The Kier molecular flexibility index (Phi) is 9.40. The van der Waals surface area contributed by atoms with Gasteiger partial charge in [0.25, 0.3) is 0 Å². The van der Waals surface area contributed by atoms with Crippen molar-refractivity contribution in [3.63, 3.8) is 0 Å². The van der Waals surface area contributed by atoms with Crippen LogP contribution in [0.1, 0.15) is 22.5 Å². The summed E-state index contributed by atoms with van der Waals surface area (Å²) in [6, 6.07) is 8.26. The first-order chi connectivity index (χ1) is 16.8. The minimum atomic E-state index is -0.225. The second-order valence-corrected chi connectivity index (χ2v) is 7.54. The van der Waals surface area contributed by atoms with Gasteiger partial charge in [-0.05, 0) is 48.6 Å². The van der Waals surface area contributed by atoms with Gasteiger partial charge in [0, 0.05) is 17.2 Å². The van der Waals surface area contributed by atoms with E-state index in [-0.39, 0.29) is 41.1 Å². The molecule has 0 fully saturated rings. The van der Waals surface area contributed by atoms with E-state index in [0.29, 0.717) is 34.0 Å². The zero-order valence-electron chi connectivity index (χ0n) is 20.9. The Labute approximate surface area is 215 Å². The van der Waals surface area contributed by atoms with Crippen molar-refractivity contribution in [3.05, 3.63) is 63.3 Å². The predicted octanol–water partition coefficient (Wildman–Crippen LogP) is 0.000200. The monoisotopic (exact) mass is 516 g/mol. The topological polar surface area (TPSA) is 103 Å². The van der Waals surface area contributed by atoms with Gasteiger partial charge in [0.05, 0.1) is 42.5 Å². The predicted molar refractivity (Wildman–Crippen MR) is 133 cm³/mol. The summed E-state index contributed by atoms with van der Waals surface area (Å²) in [5.41, 5.74) is 2.38. The molecule has 0 aliphatic carbocycles. The lowest BCUT2D eigenvalue weighted by Crippen LogP contribution is -3.00. The second kappa shape index (κ2) is 12.0. The van der Waals surface area contributed by atoms with Crippen LogP contribution in [-0.2, 0) is 14.1 Å². The summed E-state index contributed by atoms with van der Waals surface area (Å²) in [7, 11) is 9.23. The number of methoxy groups -OCH3 is 4. The molecule has 10 heteroatoms. The number of phenolic OH excluding ortho intramolecular Hbond substituents is 2. The minimum absolute atomic E-state index is 0. The molecule has 3 rings (SSSR count). The number of ether oxygens (including phenoxy) is 4. The fourth-order valence-electron chi connectivity index (χ4n) is 3.67. The molecule has 36 heavy (non-hydrogen) atoms. The van der Waals surface area contributed by atoms with Crippen molar-refractivity contribution < 1.29 is 46.1 Å². The van der Waals surface area contributed by atoms with Crippen molar-refractivity contribution in [1.82, 2.24) is 4.57 Å². The molecule has 3 aromatic rings. The third-order valence-electron chi connectivity index (χ3n) is 5.57. The summed E-state index contributed by atoms with van der Waals surface area (Å²) in [5.74, 6) is 1.14. The van der Waals surface area contributed by atoms with E-state index >= 15 is 0 Å². The van der Waals surface area contributed by atoms with Gasteiger partial charge in [-0.1, -0.05) is 0 Å². The first kappa shape index (κ1) is 28.1. The SMILES string of the molecule is COc1c(O)ccc(C=Cc2cc(C=Cc3ccc(O)c(OC)c3OC)[n+](C)c(=O)n2C)c1OC.[Cl-]. The lowest BCUT2D eigenvalue weighted by atomic mass is 10.1. The number of aromatic hydroxyl groups is 2. The zero-order valence-corrected chi connectivity index (χ0v) is 21.7. The standard InChI is InChI=1S/C26H28N2O7.ClH/c1-27-18(11-7-16-9-13-20(29)24(34-5)22(16)32-3)15-19(28(2)26(27)31)12-8-17-10-14-21(30)25(35-6)23(17)33-4;/h7-15H,1-6H3,(H,29,30);1H. The average Bonchev–Trinajstić information content (AvgIpc) is 2.86. The third kappa shape index (κ3) is 5.41. The maximum atomic E-state index is 12.9. The van der Waals surface area contributed by atoms with E-state index in [1.807, 2.05) is 6.07 Å². The molecule has 1 heterocycles. The van der Waals surface area contributed by atoms with Gasteiger partial charge in [-0.15, -0.1) is 0 Å². The Bertz CT molecular complexity index is 1260. The van der Waals surface area contributed by atoms with Crippen molar-refractivity contribution in [2.75, 3.05) is 28.4 Å². The molecule has 0 aliphatic heterocycles. The molecule has 0 unspecified atom stereocenters. The third-order valence-corrected chi connectivity index (χ3v) is 5.57. The lowest BCUT2D eigenvalue weighted by Gasteiger charge is -2.12. The van der Waals surface area contributed by atoms with Crippen molar-refractivity contribution >= 4 is 24.3 Å². The van der Waals surface area contributed by atoms with Crippen LogP contribution < -0.4 is 41.6 Å². The first-order valence-corrected chi connectivity index (χ1v) is 10.6. The molecule has 0 atom stereocenters. The highest BCUT2D eigenvalue weighted by Crippen LogP contribution is 2.40. The van der Waals surface area contributed by atoms with Gasteiger partial charge in [-0.2, -0.15) is 13.9 Å². The molecular formula is C26H29ClN2O7. The van der Waals surface area contributed by atoms with E-state index in [0.717, 1.165) is 0 Å². The summed E-state index contributed by atoms with van der Waals surface area (Å²) in [6.07, 6.45) is 7.10. The number of benzene rings is 2. The molecule has 0 amide bonds. The number of hydrogen-bond donors (Lipinski definition) is 2. The molecule has 0 spiro atoms. The maximum absolute atomic E-state index is 12.9. The summed E-state index contributed by atoms with van der Waals surface area (Å²) in [5, 5.41) is 20.0. The average molecular weight is 517 g/mol. The highest BCUT2D eigenvalue weighted by atomic mass is 35.5. The van der Waals surface area contributed by atoms with Gasteiger partial charge >= 0.3 is 5.69 Å². The van der Waals surface area contributed by atoms with Crippen molar-refractivity contribution in [3.8, 4) is 34.5 Å². The van der Waals surface area contributed by atoms with E-state index in [1.54, 1.807) is 50.5 Å². The highest BCUT2D eigenvalue weighted by molar-refractivity contribution is 5.77. The molecule has 2 aromatic carbocycles. The van der Waals surface area contributed by atoms with Crippen LogP contribution in [-0.4, -0.2) is 43.2 Å². The molecule has 9 nitrogen and oxygen atoms in total. The van der Waals surface area contributed by atoms with Crippen LogP contribution in [0.4, 0.5) is 0 Å². The van der Waals surface area contributed by atoms with Crippen LogP contribution in [0.25, 0.3) is 24.3 Å². The molecule has 0 bridgehead atoms. The van der Waals surface area contributed by atoms with Crippen molar-refractivity contribution in [1.29, 1.82) is 0 Å². The number of halogens is 1. The smallest absolute Gasteiger partial charge is 0.498 e. The van der Waals surface area contributed by atoms with E-state index in [1.165, 1.54) is 49.7 Å². The molecule has 0 saturated heterocycles. The maximum Gasteiger partial charge on any atom is 0.498 e. The van der Waals surface area contributed by atoms with E-state index in [4.69, 9.17) is 18.9 Å². The fraction of sp³-hybridized carbons (Fsp3) is 0.231. The van der Waals surface area contributed by atoms with Crippen LogP contribution >= 0.6 is 0 Å². The molecule has 2 N–H and O–H groups in total. The lowest BCUT2D eigenvalue weighted by molar-refractivity contribution is -0.692. The van der Waals surface area contributed by atoms with Gasteiger partial charge in [0.2, 0.25) is 11.5 Å². The van der Waals surface area contributed by atoms with E-state index < -0.39 is 0 Å². The Morgan fingerprint density at radius 2 is 1.19 bits per heavy atom. The molecular weight excluding hydrogens is 488 g/mol. The summed E-state index contributed by atoms with van der Waals surface area (Å²) in [6.45, 7) is 0. The first-order valence-electron chi connectivity index (χ1n) is 10.6. The van der Waals surface area contributed by atoms with Crippen LogP contribution in [0.15, 0.2) is 35.1 Å². The summed E-state index contributed by atoms with van der Waals surface area (Å²) >= 11 is 0. The van der Waals surface area contributed by atoms with Gasteiger partial charge < -0.3 is 41.6 Å². The Morgan fingerprint density at radius 3 is 1.64 bits per heavy atom. The normalized spacial score (nSPS) is 10.9. The fourth-order valence-corrected chi connectivity index (χ4v) is 3.67. The Balaban J connectivity index is 0.00000456. The number of nitrogens with zero attached hydrogens (tertiary/aromatic N) is 2. The quantitative estimate of drug-likeness (QED) is 0.406. The van der Waals surface area contributed by atoms with Crippen LogP contribution in [0.5, 0.6) is 34.5 Å². The summed E-state index contributed by atoms with van der Waals surface area (Å²) < 4.78 is 24.3. The number of hydrogen-bond acceptors (Lipinski definition) is 7. The second-order valence-electron chi connectivity index (χ2n) is 7.54. The zero-order chi connectivity index (χ0) is 25.7. The largest absolute Gasteiger partial charge is 1.00 e. The van der Waals surface area contributed by atoms with Crippen molar-refractivity contribution in [2.45, 2.75) is 0 Å². The Hall–Kier alpha value is -4.11. The van der Waals surface area contributed by atoms with Gasteiger partial charge in [0.15, 0.2) is 23.0 Å². The molecule has 0 aliphatic rings. The van der Waals surface area contributed by atoms with Crippen LogP contribution in [0, 0.1) is 0 Å². The highest BCUT2D eigenvalue weighted by Gasteiger charge is 2.17. The van der Waals surface area contributed by atoms with Gasteiger partial charge in [-0.25, -0.2) is 0 Å². The minimum Gasteiger partial charge on any atom is -1.00 e. The van der Waals surface area contributed by atoms with E-state index in [2.05, 4.69) is 0 Å².